The van der Waals surface area contributed by atoms with Crippen LogP contribution in [-0.4, -0.2) is 50.5 Å². The molecule has 0 spiro atoms. The lowest BCUT2D eigenvalue weighted by Crippen LogP contribution is -2.53. The molecule has 0 aliphatic carbocycles. The van der Waals surface area contributed by atoms with Gasteiger partial charge in [0.25, 0.3) is 0 Å². The van der Waals surface area contributed by atoms with Gasteiger partial charge in [-0.3, -0.25) is 13.9 Å². The van der Waals surface area contributed by atoms with E-state index in [2.05, 4.69) is 5.32 Å². The SMILES string of the molecule is CC(C)CNC(=O)C(Cc1ccccc1)N(Cc1ccc(F)cc1)C(=O)CN(c1cccc(C(F)(F)F)c1)S(C)(=O)=O. The monoisotopic (exact) mass is 607 g/mol. The summed E-state index contributed by atoms with van der Waals surface area (Å²) in [6, 6.07) is 16.6. The first-order valence-corrected chi connectivity index (χ1v) is 15.0. The van der Waals surface area contributed by atoms with Gasteiger partial charge in [-0.15, -0.1) is 0 Å². The fourth-order valence-corrected chi connectivity index (χ4v) is 5.06. The van der Waals surface area contributed by atoms with Gasteiger partial charge in [0.2, 0.25) is 21.8 Å². The summed E-state index contributed by atoms with van der Waals surface area (Å²) in [6.07, 6.45) is -3.89. The van der Waals surface area contributed by atoms with Crippen LogP contribution in [0.5, 0.6) is 0 Å². The molecule has 42 heavy (non-hydrogen) atoms. The van der Waals surface area contributed by atoms with Crippen LogP contribution in [0.3, 0.4) is 0 Å². The molecule has 0 aliphatic rings. The summed E-state index contributed by atoms with van der Waals surface area (Å²) in [7, 11) is -4.25. The maximum Gasteiger partial charge on any atom is 0.416 e. The summed E-state index contributed by atoms with van der Waals surface area (Å²) < 4.78 is 80.0. The molecule has 0 radical (unpaired) electrons. The van der Waals surface area contributed by atoms with Crippen LogP contribution in [0, 0.1) is 11.7 Å². The van der Waals surface area contributed by atoms with Crippen LogP contribution in [-0.2, 0) is 38.8 Å². The first-order valence-electron chi connectivity index (χ1n) is 13.2. The maximum atomic E-state index is 13.9. The Morgan fingerprint density at radius 1 is 0.905 bits per heavy atom. The Labute approximate surface area is 243 Å². The Morgan fingerprint density at radius 3 is 2.12 bits per heavy atom. The predicted octanol–water partition coefficient (Wildman–Crippen LogP) is 5.02. The van der Waals surface area contributed by atoms with Gasteiger partial charge >= 0.3 is 6.18 Å². The van der Waals surface area contributed by atoms with Crippen molar-refractivity contribution in [2.24, 2.45) is 5.92 Å². The summed E-state index contributed by atoms with van der Waals surface area (Å²) in [5.41, 5.74) is -0.257. The molecule has 2 amide bonds. The van der Waals surface area contributed by atoms with Gasteiger partial charge in [0, 0.05) is 19.5 Å². The average Bonchev–Trinajstić information content (AvgIpc) is 2.92. The van der Waals surface area contributed by atoms with Crippen molar-refractivity contribution in [3.8, 4) is 0 Å². The number of nitrogens with one attached hydrogen (secondary N) is 1. The van der Waals surface area contributed by atoms with E-state index in [1.54, 1.807) is 30.3 Å². The molecule has 0 saturated carbocycles. The minimum Gasteiger partial charge on any atom is -0.354 e. The van der Waals surface area contributed by atoms with Crippen LogP contribution in [0.2, 0.25) is 0 Å². The summed E-state index contributed by atoms with van der Waals surface area (Å²) in [5, 5.41) is 2.82. The lowest BCUT2D eigenvalue weighted by molar-refractivity contribution is -0.140. The van der Waals surface area contributed by atoms with Crippen molar-refractivity contribution in [2.45, 2.75) is 39.0 Å². The van der Waals surface area contributed by atoms with Gasteiger partial charge in [-0.05, 0) is 47.4 Å². The van der Waals surface area contributed by atoms with Crippen molar-refractivity contribution >= 4 is 27.5 Å². The van der Waals surface area contributed by atoms with Crippen molar-refractivity contribution < 1.29 is 35.6 Å². The van der Waals surface area contributed by atoms with E-state index in [4.69, 9.17) is 0 Å². The second kappa shape index (κ2) is 13.8. The van der Waals surface area contributed by atoms with E-state index in [1.165, 1.54) is 29.2 Å². The minimum atomic E-state index is -4.74. The van der Waals surface area contributed by atoms with E-state index in [0.717, 1.165) is 30.0 Å². The van der Waals surface area contributed by atoms with Gasteiger partial charge in [0.05, 0.1) is 17.5 Å². The molecule has 7 nitrogen and oxygen atoms in total. The molecule has 3 aromatic rings. The smallest absolute Gasteiger partial charge is 0.354 e. The van der Waals surface area contributed by atoms with Crippen molar-refractivity contribution in [3.05, 3.63) is 101 Å². The third-order valence-corrected chi connectivity index (χ3v) is 7.50. The van der Waals surface area contributed by atoms with Gasteiger partial charge in [0.15, 0.2) is 0 Å². The number of alkyl halides is 3. The maximum absolute atomic E-state index is 13.9. The van der Waals surface area contributed by atoms with Crippen LogP contribution in [0.1, 0.15) is 30.5 Å². The standard InChI is InChI=1S/C30H33F4N3O4S/c1-21(2)18-35-29(39)27(16-22-8-5-4-6-9-22)36(19-23-12-14-25(31)15-13-23)28(38)20-37(42(3,40)41)26-11-7-10-24(17-26)30(32,33)34/h4-15,17,21,27H,16,18-20H2,1-3H3,(H,35,39). The van der Waals surface area contributed by atoms with Crippen LogP contribution < -0.4 is 9.62 Å². The fourth-order valence-electron chi connectivity index (χ4n) is 4.21. The Morgan fingerprint density at radius 2 is 1.55 bits per heavy atom. The van der Waals surface area contributed by atoms with E-state index < -0.39 is 52.0 Å². The zero-order chi connectivity index (χ0) is 31.1. The molecule has 3 rings (SSSR count). The molecule has 1 atom stereocenters. The zero-order valence-corrected chi connectivity index (χ0v) is 24.3. The summed E-state index contributed by atoms with van der Waals surface area (Å²) >= 11 is 0. The van der Waals surface area contributed by atoms with Crippen molar-refractivity contribution in [1.82, 2.24) is 10.2 Å². The molecule has 3 aromatic carbocycles. The van der Waals surface area contributed by atoms with Gasteiger partial charge in [0.1, 0.15) is 18.4 Å². The largest absolute Gasteiger partial charge is 0.416 e. The second-order valence-corrected chi connectivity index (χ2v) is 12.2. The summed E-state index contributed by atoms with van der Waals surface area (Å²) in [5.74, 6) is -1.75. The molecule has 0 heterocycles. The molecule has 0 aromatic heterocycles. The topological polar surface area (TPSA) is 86.8 Å². The number of anilines is 1. The van der Waals surface area contributed by atoms with Gasteiger partial charge in [-0.2, -0.15) is 13.2 Å². The molecule has 0 saturated heterocycles. The molecule has 0 fully saturated rings. The Hall–Kier alpha value is -3.93. The molecule has 12 heteroatoms. The number of hydrogen-bond donors (Lipinski definition) is 1. The number of nitrogens with zero attached hydrogens (tertiary/aromatic N) is 2. The highest BCUT2D eigenvalue weighted by atomic mass is 32.2. The highest BCUT2D eigenvalue weighted by Gasteiger charge is 2.35. The number of halogens is 4. The van der Waals surface area contributed by atoms with Crippen LogP contribution >= 0.6 is 0 Å². The van der Waals surface area contributed by atoms with Gasteiger partial charge in [-0.25, -0.2) is 12.8 Å². The third kappa shape index (κ3) is 9.30. The predicted molar refractivity (Wildman–Crippen MR) is 152 cm³/mol. The minimum absolute atomic E-state index is 0.0696. The first kappa shape index (κ1) is 32.6. The Bertz CT molecular complexity index is 1460. The number of carbonyl (C=O) groups is 2. The number of amides is 2. The lowest BCUT2D eigenvalue weighted by Gasteiger charge is -2.33. The van der Waals surface area contributed by atoms with Crippen molar-refractivity contribution in [2.75, 3.05) is 23.7 Å². The number of hydrogen-bond acceptors (Lipinski definition) is 4. The van der Waals surface area contributed by atoms with Gasteiger partial charge in [-0.1, -0.05) is 62.4 Å². The van der Waals surface area contributed by atoms with E-state index >= 15 is 0 Å². The summed E-state index contributed by atoms with van der Waals surface area (Å²) in [6.45, 7) is 3.04. The average molecular weight is 608 g/mol. The van der Waals surface area contributed by atoms with Crippen molar-refractivity contribution in [3.63, 3.8) is 0 Å². The number of benzene rings is 3. The summed E-state index contributed by atoms with van der Waals surface area (Å²) in [4.78, 5) is 28.7. The van der Waals surface area contributed by atoms with E-state index in [1.807, 2.05) is 13.8 Å². The molecular formula is C30H33F4N3O4S. The number of rotatable bonds is 12. The fraction of sp³-hybridized carbons (Fsp3) is 0.333. The van der Waals surface area contributed by atoms with E-state index in [0.29, 0.717) is 22.5 Å². The van der Waals surface area contributed by atoms with Crippen LogP contribution in [0.4, 0.5) is 23.2 Å². The lowest BCUT2D eigenvalue weighted by atomic mass is 10.0. The molecule has 1 unspecified atom stereocenters. The van der Waals surface area contributed by atoms with E-state index in [9.17, 15) is 35.6 Å². The van der Waals surface area contributed by atoms with Gasteiger partial charge < -0.3 is 10.2 Å². The first-order chi connectivity index (χ1) is 19.6. The molecule has 0 aliphatic heterocycles. The normalized spacial score (nSPS) is 12.6. The molecule has 0 bridgehead atoms. The zero-order valence-electron chi connectivity index (χ0n) is 23.4. The van der Waals surface area contributed by atoms with Crippen molar-refractivity contribution in [1.29, 1.82) is 0 Å². The highest BCUT2D eigenvalue weighted by molar-refractivity contribution is 7.92. The molecule has 226 valence electrons. The Kier molecular flexibility index (Phi) is 10.7. The third-order valence-electron chi connectivity index (χ3n) is 6.36. The highest BCUT2D eigenvalue weighted by Crippen LogP contribution is 2.32. The van der Waals surface area contributed by atoms with Crippen LogP contribution in [0.25, 0.3) is 0 Å². The van der Waals surface area contributed by atoms with Crippen LogP contribution in [0.15, 0.2) is 78.9 Å². The number of carbonyl (C=O) groups excluding carboxylic acids is 2. The second-order valence-electron chi connectivity index (χ2n) is 10.3. The van der Waals surface area contributed by atoms with E-state index in [-0.39, 0.29) is 24.6 Å². The Balaban J connectivity index is 2.07. The quantitative estimate of drug-likeness (QED) is 0.293. The molecule has 1 N–H and O–H groups in total. The molecular weight excluding hydrogens is 574 g/mol. The number of sulfonamides is 1.